The molecule has 0 spiro atoms. The monoisotopic (exact) mass is 330 g/mol. The molecule has 25 heavy (non-hydrogen) atoms. The lowest BCUT2D eigenvalue weighted by Crippen LogP contribution is -2.14. The molecule has 0 saturated carbocycles. The van der Waals surface area contributed by atoms with Gasteiger partial charge in [0.2, 0.25) is 0 Å². The van der Waals surface area contributed by atoms with Gasteiger partial charge in [0, 0.05) is 6.54 Å². The van der Waals surface area contributed by atoms with E-state index >= 15 is 0 Å². The topological polar surface area (TPSA) is 74.6 Å². The largest absolute Gasteiger partial charge is 0.364 e. The van der Waals surface area contributed by atoms with Crippen molar-refractivity contribution in [2.75, 3.05) is 6.61 Å². The van der Waals surface area contributed by atoms with Gasteiger partial charge >= 0.3 is 0 Å². The maximum atomic E-state index is 9.01. The van der Waals surface area contributed by atoms with Gasteiger partial charge in [-0.15, -0.1) is 0 Å². The van der Waals surface area contributed by atoms with Gasteiger partial charge < -0.3 is 9.30 Å². The Hall–Kier alpha value is -3.15. The number of hydrogen-bond donors (Lipinski definition) is 0. The molecule has 1 heterocycles. The van der Waals surface area contributed by atoms with Crippen LogP contribution in [0.2, 0.25) is 0 Å². The third-order valence-corrected chi connectivity index (χ3v) is 3.97. The average Bonchev–Trinajstić information content (AvgIpc) is 3.02. The van der Waals surface area contributed by atoms with Crippen molar-refractivity contribution in [2.45, 2.75) is 25.5 Å². The van der Waals surface area contributed by atoms with E-state index < -0.39 is 0 Å². The van der Waals surface area contributed by atoms with E-state index in [9.17, 15) is 0 Å². The lowest BCUT2D eigenvalue weighted by atomic mass is 10.1. The SMILES string of the molecule is N#CCCOC(c1ccccc1)c1nc2ccccc2n1CCC#N. The van der Waals surface area contributed by atoms with E-state index in [0.29, 0.717) is 26.0 Å². The predicted molar refractivity (Wildman–Crippen MR) is 94.4 cm³/mol. The first-order valence-corrected chi connectivity index (χ1v) is 8.20. The van der Waals surface area contributed by atoms with Crippen LogP contribution in [-0.2, 0) is 11.3 Å². The molecular weight excluding hydrogens is 312 g/mol. The molecule has 0 fully saturated rings. The van der Waals surface area contributed by atoms with Gasteiger partial charge in [-0.05, 0) is 17.7 Å². The normalized spacial score (nSPS) is 11.8. The Morgan fingerprint density at radius 1 is 0.960 bits per heavy atom. The van der Waals surface area contributed by atoms with Gasteiger partial charge in [0.05, 0.1) is 42.6 Å². The molecule has 0 aliphatic heterocycles. The van der Waals surface area contributed by atoms with Crippen LogP contribution in [-0.4, -0.2) is 16.2 Å². The molecule has 1 atom stereocenters. The van der Waals surface area contributed by atoms with Crippen molar-refractivity contribution < 1.29 is 4.74 Å². The fourth-order valence-corrected chi connectivity index (χ4v) is 2.86. The van der Waals surface area contributed by atoms with Crippen LogP contribution in [0.5, 0.6) is 0 Å². The summed E-state index contributed by atoms with van der Waals surface area (Å²) in [4.78, 5) is 4.77. The fraction of sp³-hybridized carbons (Fsp3) is 0.250. The van der Waals surface area contributed by atoms with Crippen molar-refractivity contribution in [3.63, 3.8) is 0 Å². The summed E-state index contributed by atoms with van der Waals surface area (Å²) in [5.41, 5.74) is 2.84. The smallest absolute Gasteiger partial charge is 0.143 e. The van der Waals surface area contributed by atoms with Crippen LogP contribution >= 0.6 is 0 Å². The minimum absolute atomic E-state index is 0.321. The van der Waals surface area contributed by atoms with Crippen LogP contribution in [0, 0.1) is 22.7 Å². The second kappa shape index (κ2) is 8.10. The Labute approximate surface area is 146 Å². The lowest BCUT2D eigenvalue weighted by Gasteiger charge is -2.19. The van der Waals surface area contributed by atoms with Crippen LogP contribution in [0.15, 0.2) is 54.6 Å². The Bertz CT molecular complexity index is 918. The van der Waals surface area contributed by atoms with Crippen LogP contribution in [0.1, 0.15) is 30.3 Å². The maximum absolute atomic E-state index is 9.01. The Morgan fingerprint density at radius 2 is 1.68 bits per heavy atom. The van der Waals surface area contributed by atoms with Crippen molar-refractivity contribution in [2.24, 2.45) is 0 Å². The van der Waals surface area contributed by atoms with E-state index in [2.05, 4.69) is 12.1 Å². The highest BCUT2D eigenvalue weighted by Crippen LogP contribution is 2.29. The number of rotatable bonds is 7. The highest BCUT2D eigenvalue weighted by atomic mass is 16.5. The third-order valence-electron chi connectivity index (χ3n) is 3.97. The number of aryl methyl sites for hydroxylation is 1. The molecule has 1 unspecified atom stereocenters. The molecule has 3 aromatic rings. The third kappa shape index (κ3) is 3.68. The molecule has 3 rings (SSSR count). The van der Waals surface area contributed by atoms with Crippen molar-refractivity contribution in [3.8, 4) is 12.1 Å². The van der Waals surface area contributed by atoms with Crippen molar-refractivity contribution in [3.05, 3.63) is 66.0 Å². The van der Waals surface area contributed by atoms with E-state index in [1.807, 2.05) is 59.2 Å². The summed E-state index contributed by atoms with van der Waals surface area (Å²) < 4.78 is 8.06. The Kier molecular flexibility index (Phi) is 5.41. The number of para-hydroxylation sites is 2. The number of ether oxygens (including phenoxy) is 1. The first-order valence-electron chi connectivity index (χ1n) is 8.20. The van der Waals surface area contributed by atoms with Crippen molar-refractivity contribution in [1.29, 1.82) is 10.5 Å². The van der Waals surface area contributed by atoms with E-state index in [1.54, 1.807) is 0 Å². The number of aromatic nitrogens is 2. The molecule has 0 bridgehead atoms. The molecule has 0 aliphatic rings. The zero-order valence-electron chi connectivity index (χ0n) is 13.8. The number of imidazole rings is 1. The van der Waals surface area contributed by atoms with Gasteiger partial charge in [-0.3, -0.25) is 0 Å². The van der Waals surface area contributed by atoms with Gasteiger partial charge in [-0.25, -0.2) is 4.98 Å². The van der Waals surface area contributed by atoms with Crippen molar-refractivity contribution >= 4 is 11.0 Å². The van der Waals surface area contributed by atoms with Gasteiger partial charge in [0.25, 0.3) is 0 Å². The minimum atomic E-state index is -0.374. The molecule has 2 aromatic carbocycles. The molecule has 0 N–H and O–H groups in total. The van der Waals surface area contributed by atoms with Crippen LogP contribution in [0.25, 0.3) is 11.0 Å². The quantitative estimate of drug-likeness (QED) is 0.614. The summed E-state index contributed by atoms with van der Waals surface area (Å²) >= 11 is 0. The highest BCUT2D eigenvalue weighted by molar-refractivity contribution is 5.76. The predicted octanol–water partition coefficient (Wildman–Crippen LogP) is 3.97. The second-order valence-electron chi connectivity index (χ2n) is 5.59. The molecule has 1 aromatic heterocycles. The highest BCUT2D eigenvalue weighted by Gasteiger charge is 2.22. The zero-order chi connectivity index (χ0) is 17.5. The number of fused-ring (bicyclic) bond motifs is 1. The van der Waals surface area contributed by atoms with E-state index in [4.69, 9.17) is 20.2 Å². The van der Waals surface area contributed by atoms with Crippen LogP contribution < -0.4 is 0 Å². The summed E-state index contributed by atoms with van der Waals surface area (Å²) in [6.07, 6.45) is 0.343. The molecule has 0 aliphatic carbocycles. The van der Waals surface area contributed by atoms with Gasteiger partial charge in [-0.1, -0.05) is 42.5 Å². The standard InChI is InChI=1S/C20H18N4O/c21-12-6-14-24-18-11-5-4-10-17(18)23-20(24)19(25-15-7-13-22)16-8-2-1-3-9-16/h1-5,8-11,19H,6-7,14-15H2. The second-order valence-corrected chi connectivity index (χ2v) is 5.59. The van der Waals surface area contributed by atoms with Crippen LogP contribution in [0.4, 0.5) is 0 Å². The van der Waals surface area contributed by atoms with Crippen LogP contribution in [0.3, 0.4) is 0 Å². The summed E-state index contributed by atoms with van der Waals surface area (Å²) in [7, 11) is 0. The lowest BCUT2D eigenvalue weighted by molar-refractivity contribution is 0.0765. The Balaban J connectivity index is 2.08. The molecule has 0 amide bonds. The fourth-order valence-electron chi connectivity index (χ4n) is 2.86. The average molecular weight is 330 g/mol. The molecular formula is C20H18N4O. The number of benzene rings is 2. The minimum Gasteiger partial charge on any atom is -0.364 e. The number of nitrogens with zero attached hydrogens (tertiary/aromatic N) is 4. The number of hydrogen-bond acceptors (Lipinski definition) is 4. The van der Waals surface area contributed by atoms with E-state index in [-0.39, 0.29) is 6.10 Å². The summed E-state index contributed by atoms with van der Waals surface area (Å²) in [5.74, 6) is 0.764. The Morgan fingerprint density at radius 3 is 2.44 bits per heavy atom. The molecule has 0 radical (unpaired) electrons. The molecule has 0 saturated heterocycles. The first-order chi connectivity index (χ1) is 12.3. The maximum Gasteiger partial charge on any atom is 0.143 e. The van der Waals surface area contributed by atoms with E-state index in [0.717, 1.165) is 22.4 Å². The summed E-state index contributed by atoms with van der Waals surface area (Å²) in [6, 6.07) is 22.0. The summed E-state index contributed by atoms with van der Waals surface area (Å²) in [5, 5.41) is 17.8. The molecule has 124 valence electrons. The zero-order valence-corrected chi connectivity index (χ0v) is 13.8. The molecule has 5 nitrogen and oxygen atoms in total. The summed E-state index contributed by atoms with van der Waals surface area (Å²) in [6.45, 7) is 0.884. The van der Waals surface area contributed by atoms with Gasteiger partial charge in [0.15, 0.2) is 0 Å². The molecule has 5 heteroatoms. The van der Waals surface area contributed by atoms with E-state index in [1.165, 1.54) is 0 Å². The van der Waals surface area contributed by atoms with Gasteiger partial charge in [-0.2, -0.15) is 10.5 Å². The van der Waals surface area contributed by atoms with Gasteiger partial charge in [0.1, 0.15) is 11.9 Å². The first kappa shape index (κ1) is 16.7. The number of nitriles is 2. The van der Waals surface area contributed by atoms with Crippen molar-refractivity contribution in [1.82, 2.24) is 9.55 Å².